The van der Waals surface area contributed by atoms with Crippen molar-refractivity contribution in [1.82, 2.24) is 20.1 Å². The number of hydrogen-bond acceptors (Lipinski definition) is 4. The number of hydrogen-bond donors (Lipinski definition) is 1. The second kappa shape index (κ2) is 7.30. The molecule has 2 aliphatic heterocycles. The molecule has 2 saturated heterocycles. The van der Waals surface area contributed by atoms with Gasteiger partial charge in [-0.15, -0.1) is 0 Å². The summed E-state index contributed by atoms with van der Waals surface area (Å²) in [5.41, 5.74) is 1.72. The molecule has 0 aliphatic carbocycles. The van der Waals surface area contributed by atoms with Gasteiger partial charge in [0.2, 0.25) is 5.91 Å². The van der Waals surface area contributed by atoms with Crippen molar-refractivity contribution in [2.45, 2.75) is 44.7 Å². The number of piperidine rings is 1. The second-order valence-corrected chi connectivity index (χ2v) is 6.88. The predicted octanol–water partition coefficient (Wildman–Crippen LogP) is 1.59. The smallest absolute Gasteiger partial charge is 0.272 e. The zero-order valence-corrected chi connectivity index (χ0v) is 14.5. The molecule has 2 fully saturated rings. The third-order valence-electron chi connectivity index (χ3n) is 5.10. The normalized spacial score (nSPS) is 22.6. The van der Waals surface area contributed by atoms with E-state index in [1.54, 1.807) is 6.20 Å². The molecule has 0 spiro atoms. The molecule has 3 rings (SSSR count). The van der Waals surface area contributed by atoms with E-state index >= 15 is 0 Å². The third-order valence-corrected chi connectivity index (χ3v) is 5.10. The number of likely N-dealkylation sites (tertiary alicyclic amines) is 2. The number of aromatic nitrogens is 1. The van der Waals surface area contributed by atoms with Crippen LogP contribution in [-0.2, 0) is 4.79 Å². The Balaban J connectivity index is 1.64. The molecule has 1 aromatic heterocycles. The van der Waals surface area contributed by atoms with Crippen LogP contribution in [0.1, 0.15) is 54.7 Å². The van der Waals surface area contributed by atoms with E-state index in [4.69, 9.17) is 0 Å². The van der Waals surface area contributed by atoms with Crippen molar-refractivity contribution in [3.63, 3.8) is 0 Å². The van der Waals surface area contributed by atoms with E-state index in [2.05, 4.69) is 22.2 Å². The predicted molar refractivity (Wildman–Crippen MR) is 91.6 cm³/mol. The Morgan fingerprint density at radius 1 is 1.21 bits per heavy atom. The van der Waals surface area contributed by atoms with Crippen LogP contribution < -0.4 is 5.32 Å². The van der Waals surface area contributed by atoms with Gasteiger partial charge in [0.05, 0.1) is 0 Å². The zero-order chi connectivity index (χ0) is 17.1. The lowest BCUT2D eigenvalue weighted by atomic mass is 10.0. The minimum atomic E-state index is -0.00479. The highest BCUT2D eigenvalue weighted by molar-refractivity contribution is 5.92. The Morgan fingerprint density at radius 3 is 2.58 bits per heavy atom. The van der Waals surface area contributed by atoms with Crippen LogP contribution in [0.5, 0.6) is 0 Å². The van der Waals surface area contributed by atoms with Crippen LogP contribution in [-0.4, -0.2) is 59.3 Å². The Labute approximate surface area is 143 Å². The van der Waals surface area contributed by atoms with Crippen LogP contribution in [0.2, 0.25) is 0 Å². The van der Waals surface area contributed by atoms with Crippen LogP contribution in [0.25, 0.3) is 0 Å². The van der Waals surface area contributed by atoms with E-state index in [9.17, 15) is 9.59 Å². The molecule has 1 aromatic rings. The van der Waals surface area contributed by atoms with Gasteiger partial charge >= 0.3 is 0 Å². The molecule has 0 unspecified atom stereocenters. The quantitative estimate of drug-likeness (QED) is 0.914. The van der Waals surface area contributed by atoms with Crippen LogP contribution in [0.3, 0.4) is 0 Å². The molecule has 6 nitrogen and oxygen atoms in total. The van der Waals surface area contributed by atoms with Crippen molar-refractivity contribution in [2.24, 2.45) is 0 Å². The van der Waals surface area contributed by atoms with Crippen LogP contribution in [0.4, 0.5) is 0 Å². The van der Waals surface area contributed by atoms with Crippen LogP contribution in [0.15, 0.2) is 18.3 Å². The maximum Gasteiger partial charge on any atom is 0.272 e. The summed E-state index contributed by atoms with van der Waals surface area (Å²) in [6.07, 6.45) is 5.69. The van der Waals surface area contributed by atoms with E-state index in [1.807, 2.05) is 17.0 Å². The third kappa shape index (κ3) is 3.75. The van der Waals surface area contributed by atoms with Gasteiger partial charge < -0.3 is 10.2 Å². The molecule has 0 saturated carbocycles. The summed E-state index contributed by atoms with van der Waals surface area (Å²) in [5, 5.41) is 2.93. The molecule has 0 aromatic carbocycles. The van der Waals surface area contributed by atoms with Crippen molar-refractivity contribution >= 4 is 11.8 Å². The van der Waals surface area contributed by atoms with E-state index in [-0.39, 0.29) is 17.9 Å². The molecular formula is C18H26N4O2. The lowest BCUT2D eigenvalue weighted by molar-refractivity contribution is -0.119. The van der Waals surface area contributed by atoms with Gasteiger partial charge in [0.15, 0.2) is 0 Å². The van der Waals surface area contributed by atoms with Crippen molar-refractivity contribution in [1.29, 1.82) is 0 Å². The highest BCUT2D eigenvalue weighted by Crippen LogP contribution is 2.30. The summed E-state index contributed by atoms with van der Waals surface area (Å²) in [6, 6.07) is 4.55. The van der Waals surface area contributed by atoms with Crippen LogP contribution >= 0.6 is 0 Å². The number of carbonyl (C=O) groups is 2. The molecule has 1 atom stereocenters. The average molecular weight is 330 g/mol. The summed E-state index contributed by atoms with van der Waals surface area (Å²) >= 11 is 0. The Kier molecular flexibility index (Phi) is 5.14. The Bertz CT molecular complexity index is 611. The molecule has 2 amide bonds. The standard InChI is InChI=1S/C18H26N4O2/c1-13(23)20-15-6-10-22(11-7-15)18(24)16-12-14(5-8-19-16)17-4-3-9-21(17)2/h5,8,12,15,17H,3-4,6-7,9-11H2,1-2H3,(H,20,23)/t17-/m1/s1. The first kappa shape index (κ1) is 16.9. The zero-order valence-electron chi connectivity index (χ0n) is 14.5. The lowest BCUT2D eigenvalue weighted by Gasteiger charge is -2.32. The van der Waals surface area contributed by atoms with E-state index in [1.165, 1.54) is 18.9 Å². The number of nitrogens with one attached hydrogen (secondary N) is 1. The van der Waals surface area contributed by atoms with Gasteiger partial charge in [-0.1, -0.05) is 0 Å². The van der Waals surface area contributed by atoms with E-state index < -0.39 is 0 Å². The van der Waals surface area contributed by atoms with Crippen molar-refractivity contribution in [2.75, 3.05) is 26.7 Å². The van der Waals surface area contributed by atoms with Gasteiger partial charge in [-0.05, 0) is 57.0 Å². The van der Waals surface area contributed by atoms with Gasteiger partial charge in [-0.25, -0.2) is 0 Å². The van der Waals surface area contributed by atoms with Gasteiger partial charge in [0.1, 0.15) is 5.69 Å². The monoisotopic (exact) mass is 330 g/mol. The molecule has 3 heterocycles. The molecular weight excluding hydrogens is 304 g/mol. The minimum Gasteiger partial charge on any atom is -0.353 e. The Hall–Kier alpha value is -1.95. The summed E-state index contributed by atoms with van der Waals surface area (Å²) < 4.78 is 0. The topological polar surface area (TPSA) is 65.5 Å². The molecule has 0 radical (unpaired) electrons. The van der Waals surface area contributed by atoms with Gasteiger partial charge in [-0.3, -0.25) is 19.5 Å². The van der Waals surface area contributed by atoms with Gasteiger partial charge in [0, 0.05) is 38.3 Å². The molecule has 130 valence electrons. The minimum absolute atomic E-state index is 0.00113. The first-order valence-corrected chi connectivity index (χ1v) is 8.77. The fraction of sp³-hybridized carbons (Fsp3) is 0.611. The highest BCUT2D eigenvalue weighted by Gasteiger charge is 2.27. The number of rotatable bonds is 3. The molecule has 2 aliphatic rings. The summed E-state index contributed by atoms with van der Waals surface area (Å²) in [6.45, 7) is 3.97. The number of carbonyl (C=O) groups excluding carboxylic acids is 2. The SMILES string of the molecule is CC(=O)NC1CCN(C(=O)c2cc([C@H]3CCCN3C)ccn2)CC1. The summed E-state index contributed by atoms with van der Waals surface area (Å²) in [7, 11) is 2.13. The number of amides is 2. The Morgan fingerprint density at radius 2 is 1.96 bits per heavy atom. The number of nitrogens with zero attached hydrogens (tertiary/aromatic N) is 3. The van der Waals surface area contributed by atoms with Crippen molar-refractivity contribution < 1.29 is 9.59 Å². The first-order valence-electron chi connectivity index (χ1n) is 8.77. The van der Waals surface area contributed by atoms with E-state index in [0.29, 0.717) is 24.8 Å². The molecule has 1 N–H and O–H groups in total. The number of pyridine rings is 1. The lowest BCUT2D eigenvalue weighted by Crippen LogP contribution is -2.46. The highest BCUT2D eigenvalue weighted by atomic mass is 16.2. The molecule has 24 heavy (non-hydrogen) atoms. The van der Waals surface area contributed by atoms with Crippen molar-refractivity contribution in [3.8, 4) is 0 Å². The fourth-order valence-corrected chi connectivity index (χ4v) is 3.78. The maximum absolute atomic E-state index is 12.7. The average Bonchev–Trinajstić information content (AvgIpc) is 3.00. The van der Waals surface area contributed by atoms with Crippen molar-refractivity contribution in [3.05, 3.63) is 29.6 Å². The van der Waals surface area contributed by atoms with E-state index in [0.717, 1.165) is 25.8 Å². The summed E-state index contributed by atoms with van der Waals surface area (Å²) in [5.74, 6) is -0.00592. The fourth-order valence-electron chi connectivity index (χ4n) is 3.78. The summed E-state index contributed by atoms with van der Waals surface area (Å²) in [4.78, 5) is 32.4. The maximum atomic E-state index is 12.7. The second-order valence-electron chi connectivity index (χ2n) is 6.88. The van der Waals surface area contributed by atoms with Gasteiger partial charge in [-0.2, -0.15) is 0 Å². The molecule has 0 bridgehead atoms. The molecule has 6 heteroatoms. The van der Waals surface area contributed by atoms with Crippen LogP contribution in [0, 0.1) is 0 Å². The van der Waals surface area contributed by atoms with Gasteiger partial charge in [0.25, 0.3) is 5.91 Å². The first-order chi connectivity index (χ1) is 11.5. The largest absolute Gasteiger partial charge is 0.353 e.